The molecule has 0 bridgehead atoms. The summed E-state index contributed by atoms with van der Waals surface area (Å²) in [5, 5.41) is -1.96. The van der Waals surface area contributed by atoms with Gasteiger partial charge in [0.15, 0.2) is 5.78 Å². The van der Waals surface area contributed by atoms with Gasteiger partial charge in [-0.3, -0.25) is 14.2 Å². The van der Waals surface area contributed by atoms with E-state index in [1.165, 1.54) is 6.92 Å². The van der Waals surface area contributed by atoms with Crippen LogP contribution in [-0.2, 0) is 32.7 Å². The van der Waals surface area contributed by atoms with Crippen molar-refractivity contribution in [2.24, 2.45) is 5.92 Å². The molecule has 1 aliphatic rings. The van der Waals surface area contributed by atoms with Crippen LogP contribution in [0.25, 0.3) is 0 Å². The number of rotatable bonds is 8. The van der Waals surface area contributed by atoms with E-state index in [1.807, 2.05) is 0 Å². The molecule has 22 heavy (non-hydrogen) atoms. The Hall–Kier alpha value is -1.04. The van der Waals surface area contributed by atoms with Gasteiger partial charge in [0, 0.05) is 12.3 Å². The molecule has 0 aromatic carbocycles. The fourth-order valence-electron chi connectivity index (χ4n) is 2.87. The Kier molecular flexibility index (Phi) is 6.47. The zero-order chi connectivity index (χ0) is 17.0. The molecule has 2 unspecified atom stereocenters. The van der Waals surface area contributed by atoms with E-state index in [0.29, 0.717) is 0 Å². The van der Waals surface area contributed by atoms with Gasteiger partial charge in [-0.05, 0) is 33.6 Å². The molecule has 0 heterocycles. The molecule has 0 amide bonds. The third-order valence-corrected chi connectivity index (χ3v) is 6.51. The van der Waals surface area contributed by atoms with Crippen LogP contribution >= 0.6 is 7.60 Å². The Morgan fingerprint density at radius 1 is 1.27 bits per heavy atom. The molecule has 1 rings (SSSR count). The average molecular weight is 334 g/mol. The first kappa shape index (κ1) is 19.0. The van der Waals surface area contributed by atoms with Crippen LogP contribution in [0.15, 0.2) is 0 Å². The number of hydrogen-bond donors (Lipinski definition) is 0. The van der Waals surface area contributed by atoms with Crippen LogP contribution < -0.4 is 0 Å². The van der Waals surface area contributed by atoms with Crippen molar-refractivity contribution in [1.82, 2.24) is 0 Å². The summed E-state index contributed by atoms with van der Waals surface area (Å²) in [6, 6.07) is 0. The quantitative estimate of drug-likeness (QED) is 0.381. The second-order valence-electron chi connectivity index (χ2n) is 5.19. The molecule has 1 fully saturated rings. The molecular weight excluding hydrogens is 311 g/mol. The lowest BCUT2D eigenvalue weighted by Crippen LogP contribution is -2.46. The van der Waals surface area contributed by atoms with Gasteiger partial charge in [-0.15, -0.1) is 0 Å². The molecule has 126 valence electrons. The number of ether oxygens (including phenoxy) is 1. The Bertz CT molecular complexity index is 491. The maximum Gasteiger partial charge on any atom is 0.355 e. The van der Waals surface area contributed by atoms with Crippen molar-refractivity contribution in [3.8, 4) is 0 Å². The molecule has 0 N–H and O–H groups in total. The summed E-state index contributed by atoms with van der Waals surface area (Å²) in [6.07, 6.45) is 0.279. The second-order valence-corrected chi connectivity index (χ2v) is 7.47. The molecule has 0 spiro atoms. The standard InChI is InChI=1S/C14H23O7P/c1-5-20-22(18,21-6-2)14(13(17)19-4)8-7-11(12(14)16)9-10(3)15/h11H,5-9H2,1-4H3. The van der Waals surface area contributed by atoms with Crippen LogP contribution in [0, 0.1) is 5.92 Å². The summed E-state index contributed by atoms with van der Waals surface area (Å²) in [5.41, 5.74) is 0. The third kappa shape index (κ3) is 3.16. The highest BCUT2D eigenvalue weighted by atomic mass is 31.2. The highest BCUT2D eigenvalue weighted by Crippen LogP contribution is 2.66. The van der Waals surface area contributed by atoms with Crippen LogP contribution in [0.3, 0.4) is 0 Å². The molecule has 1 saturated carbocycles. The molecule has 2 atom stereocenters. The van der Waals surface area contributed by atoms with Crippen LogP contribution in [0.2, 0.25) is 0 Å². The van der Waals surface area contributed by atoms with Crippen LogP contribution in [0.4, 0.5) is 0 Å². The van der Waals surface area contributed by atoms with Crippen molar-refractivity contribution in [3.63, 3.8) is 0 Å². The number of carbonyl (C=O) groups excluding carboxylic acids is 3. The molecule has 0 aromatic heterocycles. The number of hydrogen-bond acceptors (Lipinski definition) is 7. The highest BCUT2D eigenvalue weighted by Gasteiger charge is 2.67. The van der Waals surface area contributed by atoms with Crippen molar-refractivity contribution >= 4 is 25.1 Å². The van der Waals surface area contributed by atoms with Gasteiger partial charge in [0.2, 0.25) is 5.16 Å². The minimum atomic E-state index is -4.04. The van der Waals surface area contributed by atoms with Gasteiger partial charge in [0.05, 0.1) is 20.3 Å². The number of ketones is 2. The Balaban J connectivity index is 3.33. The van der Waals surface area contributed by atoms with Crippen molar-refractivity contribution in [3.05, 3.63) is 0 Å². The van der Waals surface area contributed by atoms with E-state index in [0.717, 1.165) is 7.11 Å². The summed E-state index contributed by atoms with van der Waals surface area (Å²) >= 11 is 0. The SMILES string of the molecule is CCOP(=O)(OCC)C1(C(=O)OC)CCC(CC(C)=O)C1=O. The minimum Gasteiger partial charge on any atom is -0.468 e. The lowest BCUT2D eigenvalue weighted by Gasteiger charge is -2.32. The zero-order valence-electron chi connectivity index (χ0n) is 13.4. The topological polar surface area (TPSA) is 96.0 Å². The number of carbonyl (C=O) groups is 3. The average Bonchev–Trinajstić information content (AvgIpc) is 2.77. The lowest BCUT2D eigenvalue weighted by molar-refractivity contribution is -0.148. The van der Waals surface area contributed by atoms with E-state index >= 15 is 0 Å². The van der Waals surface area contributed by atoms with Crippen LogP contribution in [0.5, 0.6) is 0 Å². The molecule has 0 aromatic rings. The zero-order valence-corrected chi connectivity index (χ0v) is 14.3. The Morgan fingerprint density at radius 2 is 1.82 bits per heavy atom. The summed E-state index contributed by atoms with van der Waals surface area (Å²) < 4.78 is 28.3. The largest absolute Gasteiger partial charge is 0.468 e. The van der Waals surface area contributed by atoms with Gasteiger partial charge >= 0.3 is 13.6 Å². The van der Waals surface area contributed by atoms with E-state index in [1.54, 1.807) is 13.8 Å². The van der Waals surface area contributed by atoms with Gasteiger partial charge in [0.25, 0.3) is 0 Å². The summed E-state index contributed by atoms with van der Waals surface area (Å²) in [7, 11) is -2.92. The highest BCUT2D eigenvalue weighted by molar-refractivity contribution is 7.58. The van der Waals surface area contributed by atoms with Gasteiger partial charge < -0.3 is 18.6 Å². The molecule has 0 radical (unpaired) electrons. The molecule has 1 aliphatic carbocycles. The summed E-state index contributed by atoms with van der Waals surface area (Å²) in [4.78, 5) is 36.4. The normalized spacial score (nSPS) is 25.3. The van der Waals surface area contributed by atoms with E-state index in [9.17, 15) is 18.9 Å². The first-order valence-corrected chi connectivity index (χ1v) is 8.84. The fourth-order valence-corrected chi connectivity index (χ4v) is 5.24. The van der Waals surface area contributed by atoms with E-state index < -0.39 is 30.4 Å². The molecule has 7 nitrogen and oxygen atoms in total. The van der Waals surface area contributed by atoms with Crippen molar-refractivity contribution in [1.29, 1.82) is 0 Å². The summed E-state index contributed by atoms with van der Waals surface area (Å²) in [5.74, 6) is -2.33. The molecule has 8 heteroatoms. The lowest BCUT2D eigenvalue weighted by atomic mass is 9.97. The number of esters is 1. The Labute approximate surface area is 130 Å². The molecule has 0 saturated heterocycles. The van der Waals surface area contributed by atoms with E-state index in [2.05, 4.69) is 0 Å². The van der Waals surface area contributed by atoms with Crippen molar-refractivity contribution in [2.75, 3.05) is 20.3 Å². The van der Waals surface area contributed by atoms with Gasteiger partial charge in [-0.1, -0.05) is 0 Å². The van der Waals surface area contributed by atoms with E-state index in [4.69, 9.17) is 13.8 Å². The predicted molar refractivity (Wildman–Crippen MR) is 78.6 cm³/mol. The van der Waals surface area contributed by atoms with Gasteiger partial charge in [-0.25, -0.2) is 0 Å². The first-order valence-electron chi connectivity index (χ1n) is 7.30. The molecule has 0 aliphatic heterocycles. The molecular formula is C14H23O7P. The Morgan fingerprint density at radius 3 is 2.23 bits per heavy atom. The smallest absolute Gasteiger partial charge is 0.355 e. The monoisotopic (exact) mass is 334 g/mol. The minimum absolute atomic E-state index is 0.00622. The third-order valence-electron chi connectivity index (χ3n) is 3.76. The fraction of sp³-hybridized carbons (Fsp3) is 0.786. The van der Waals surface area contributed by atoms with Gasteiger partial charge in [-0.2, -0.15) is 0 Å². The van der Waals surface area contributed by atoms with Crippen LogP contribution in [-0.4, -0.2) is 43.0 Å². The van der Waals surface area contributed by atoms with Gasteiger partial charge in [0.1, 0.15) is 5.78 Å². The van der Waals surface area contributed by atoms with Crippen LogP contribution in [0.1, 0.15) is 40.0 Å². The van der Waals surface area contributed by atoms with E-state index in [-0.39, 0.29) is 38.3 Å². The predicted octanol–water partition coefficient (Wildman–Crippen LogP) is 2.12. The maximum atomic E-state index is 13.1. The summed E-state index contributed by atoms with van der Waals surface area (Å²) in [6.45, 7) is 4.63. The van der Waals surface area contributed by atoms with Crippen molar-refractivity contribution in [2.45, 2.75) is 45.2 Å². The maximum absolute atomic E-state index is 13.1. The second kappa shape index (κ2) is 7.49. The van der Waals surface area contributed by atoms with Crippen molar-refractivity contribution < 1.29 is 32.7 Å². The number of Topliss-reactive ketones (excluding diaryl/α,β-unsaturated/α-hetero) is 2. The number of methoxy groups -OCH3 is 1. The first-order chi connectivity index (χ1) is 10.3.